The van der Waals surface area contributed by atoms with Crippen LogP contribution < -0.4 is 4.90 Å². The monoisotopic (exact) mass is 351 g/mol. The summed E-state index contributed by atoms with van der Waals surface area (Å²) in [7, 11) is 0. The lowest BCUT2D eigenvalue weighted by atomic mass is 9.89. The first-order valence-corrected chi connectivity index (χ1v) is 8.75. The van der Waals surface area contributed by atoms with Gasteiger partial charge in [-0.2, -0.15) is 0 Å². The van der Waals surface area contributed by atoms with Gasteiger partial charge in [0.2, 0.25) is 0 Å². The van der Waals surface area contributed by atoms with Crippen molar-refractivity contribution in [2.24, 2.45) is 0 Å². The molecule has 7 heteroatoms. The quantitative estimate of drug-likeness (QED) is 0.779. The van der Waals surface area contributed by atoms with Gasteiger partial charge in [0.1, 0.15) is 17.2 Å². The maximum absolute atomic E-state index is 13.5. The van der Waals surface area contributed by atoms with Crippen LogP contribution >= 0.6 is 0 Å². The number of anilines is 1. The molecular formula is C18H26FN3O3. The molecule has 25 heavy (non-hydrogen) atoms. The summed E-state index contributed by atoms with van der Waals surface area (Å²) in [6, 6.07) is 2.80. The molecule has 1 spiro atoms. The summed E-state index contributed by atoms with van der Waals surface area (Å²) in [5, 5.41) is 0. The fraction of sp³-hybridized carbons (Fsp3) is 0.667. The standard InChI is InChI=1S/C18H26FN3O3/c1-17(2,3)25-16(23)21-8-5-18(6-9-21)13-22(10-11-24-18)15-12-14(19)4-7-20-15/h4,7,12H,5-6,8-11,13H2,1-3H3. The van der Waals surface area contributed by atoms with Gasteiger partial charge in [0.05, 0.1) is 12.2 Å². The molecule has 0 saturated carbocycles. The second-order valence-electron chi connectivity index (χ2n) is 7.75. The van der Waals surface area contributed by atoms with Crippen molar-refractivity contribution >= 4 is 11.9 Å². The van der Waals surface area contributed by atoms with Gasteiger partial charge in [-0.05, 0) is 39.7 Å². The third-order valence-electron chi connectivity index (χ3n) is 4.61. The Morgan fingerprint density at radius 2 is 2.04 bits per heavy atom. The van der Waals surface area contributed by atoms with Gasteiger partial charge in [0, 0.05) is 38.4 Å². The lowest BCUT2D eigenvalue weighted by Gasteiger charge is -2.47. The number of hydrogen-bond donors (Lipinski definition) is 0. The molecule has 0 atom stereocenters. The average molecular weight is 351 g/mol. The van der Waals surface area contributed by atoms with Crippen molar-refractivity contribution in [2.45, 2.75) is 44.8 Å². The largest absolute Gasteiger partial charge is 0.444 e. The number of carbonyl (C=O) groups is 1. The van der Waals surface area contributed by atoms with Crippen LogP contribution in [0.3, 0.4) is 0 Å². The molecule has 2 fully saturated rings. The van der Waals surface area contributed by atoms with E-state index >= 15 is 0 Å². The Bertz CT molecular complexity index is 624. The van der Waals surface area contributed by atoms with Crippen LogP contribution in [-0.4, -0.2) is 60.0 Å². The highest BCUT2D eigenvalue weighted by atomic mass is 19.1. The summed E-state index contributed by atoms with van der Waals surface area (Å²) in [6.45, 7) is 8.71. The number of piperidine rings is 1. The molecule has 1 aromatic rings. The van der Waals surface area contributed by atoms with E-state index in [4.69, 9.17) is 9.47 Å². The molecule has 6 nitrogen and oxygen atoms in total. The number of halogens is 1. The number of hydrogen-bond acceptors (Lipinski definition) is 5. The Morgan fingerprint density at radius 1 is 1.32 bits per heavy atom. The summed E-state index contributed by atoms with van der Waals surface area (Å²) < 4.78 is 25.0. The molecule has 0 aliphatic carbocycles. The van der Waals surface area contributed by atoms with Crippen molar-refractivity contribution in [1.29, 1.82) is 0 Å². The van der Waals surface area contributed by atoms with Gasteiger partial charge in [-0.3, -0.25) is 0 Å². The minimum absolute atomic E-state index is 0.276. The molecule has 0 bridgehead atoms. The second-order valence-corrected chi connectivity index (χ2v) is 7.75. The zero-order chi connectivity index (χ0) is 18.1. The number of carbonyl (C=O) groups excluding carboxylic acids is 1. The van der Waals surface area contributed by atoms with Crippen LogP contribution in [0.25, 0.3) is 0 Å². The van der Waals surface area contributed by atoms with E-state index in [2.05, 4.69) is 9.88 Å². The Balaban J connectivity index is 1.61. The average Bonchev–Trinajstić information content (AvgIpc) is 2.54. The molecular weight excluding hydrogens is 325 g/mol. The van der Waals surface area contributed by atoms with Crippen LogP contribution in [-0.2, 0) is 9.47 Å². The number of aromatic nitrogens is 1. The molecule has 3 heterocycles. The van der Waals surface area contributed by atoms with E-state index in [0.717, 1.165) is 12.8 Å². The summed E-state index contributed by atoms with van der Waals surface area (Å²) in [5.41, 5.74) is -0.807. The Morgan fingerprint density at radius 3 is 2.68 bits per heavy atom. The smallest absolute Gasteiger partial charge is 0.410 e. The van der Waals surface area contributed by atoms with Gasteiger partial charge < -0.3 is 19.3 Å². The number of ether oxygens (including phenoxy) is 2. The van der Waals surface area contributed by atoms with E-state index in [0.29, 0.717) is 38.6 Å². The lowest BCUT2D eigenvalue weighted by Crippen LogP contribution is -2.58. The van der Waals surface area contributed by atoms with Crippen molar-refractivity contribution in [3.63, 3.8) is 0 Å². The van der Waals surface area contributed by atoms with Crippen molar-refractivity contribution in [2.75, 3.05) is 37.7 Å². The van der Waals surface area contributed by atoms with Crippen LogP contribution in [0, 0.1) is 5.82 Å². The second kappa shape index (κ2) is 6.78. The van der Waals surface area contributed by atoms with Crippen molar-refractivity contribution < 1.29 is 18.7 Å². The predicted octanol–water partition coefficient (Wildman–Crippen LogP) is 2.83. The first-order chi connectivity index (χ1) is 11.8. The van der Waals surface area contributed by atoms with Crippen LogP contribution in [0.1, 0.15) is 33.6 Å². The predicted molar refractivity (Wildman–Crippen MR) is 92.1 cm³/mol. The van der Waals surface area contributed by atoms with E-state index in [1.54, 1.807) is 4.90 Å². The highest BCUT2D eigenvalue weighted by Crippen LogP contribution is 2.32. The molecule has 2 aliphatic heterocycles. The third-order valence-corrected chi connectivity index (χ3v) is 4.61. The van der Waals surface area contributed by atoms with Gasteiger partial charge >= 0.3 is 6.09 Å². The van der Waals surface area contributed by atoms with Crippen LogP contribution in [0.2, 0.25) is 0 Å². The first kappa shape index (κ1) is 17.9. The zero-order valence-electron chi connectivity index (χ0n) is 15.1. The molecule has 0 N–H and O–H groups in total. The maximum atomic E-state index is 13.5. The molecule has 1 amide bonds. The summed E-state index contributed by atoms with van der Waals surface area (Å²) in [5.74, 6) is 0.350. The maximum Gasteiger partial charge on any atom is 0.410 e. The van der Waals surface area contributed by atoms with Gasteiger partial charge in [0.15, 0.2) is 0 Å². The molecule has 138 valence electrons. The summed E-state index contributed by atoms with van der Waals surface area (Å²) in [4.78, 5) is 20.3. The molecule has 0 radical (unpaired) electrons. The first-order valence-electron chi connectivity index (χ1n) is 8.75. The summed E-state index contributed by atoms with van der Waals surface area (Å²) in [6.07, 6.45) is 2.68. The van der Waals surface area contributed by atoms with Gasteiger partial charge in [-0.15, -0.1) is 0 Å². The fourth-order valence-corrected chi connectivity index (χ4v) is 3.33. The van der Waals surface area contributed by atoms with Crippen LogP contribution in [0.15, 0.2) is 18.3 Å². The topological polar surface area (TPSA) is 54.9 Å². The minimum atomic E-state index is -0.493. The van der Waals surface area contributed by atoms with Gasteiger partial charge in [0.25, 0.3) is 0 Å². The highest BCUT2D eigenvalue weighted by Gasteiger charge is 2.41. The Kier molecular flexibility index (Phi) is 4.86. The Hall–Kier alpha value is -1.89. The number of pyridine rings is 1. The normalized spacial score (nSPS) is 20.6. The third kappa shape index (κ3) is 4.39. The van der Waals surface area contributed by atoms with Crippen molar-refractivity contribution in [3.05, 3.63) is 24.1 Å². The molecule has 0 unspecified atom stereocenters. The molecule has 3 rings (SSSR count). The molecule has 2 saturated heterocycles. The van der Waals surface area contributed by atoms with Gasteiger partial charge in [-0.1, -0.05) is 0 Å². The van der Waals surface area contributed by atoms with Gasteiger partial charge in [-0.25, -0.2) is 14.2 Å². The zero-order valence-corrected chi connectivity index (χ0v) is 15.1. The highest BCUT2D eigenvalue weighted by molar-refractivity contribution is 5.68. The summed E-state index contributed by atoms with van der Waals surface area (Å²) >= 11 is 0. The number of rotatable bonds is 1. The lowest BCUT2D eigenvalue weighted by molar-refractivity contribution is -0.0914. The number of amides is 1. The van der Waals surface area contributed by atoms with E-state index < -0.39 is 5.60 Å². The van der Waals surface area contributed by atoms with Crippen molar-refractivity contribution in [3.8, 4) is 0 Å². The van der Waals surface area contributed by atoms with E-state index in [1.165, 1.54) is 18.3 Å². The number of morpholine rings is 1. The van der Waals surface area contributed by atoms with Crippen LogP contribution in [0.4, 0.5) is 15.0 Å². The van der Waals surface area contributed by atoms with E-state index in [1.807, 2.05) is 20.8 Å². The van der Waals surface area contributed by atoms with Crippen molar-refractivity contribution in [1.82, 2.24) is 9.88 Å². The SMILES string of the molecule is CC(C)(C)OC(=O)N1CCC2(CC1)CN(c1cc(F)ccn1)CCO2. The van der Waals surface area contributed by atoms with E-state index in [9.17, 15) is 9.18 Å². The number of likely N-dealkylation sites (tertiary alicyclic amines) is 1. The Labute approximate surface area is 147 Å². The number of nitrogens with zero attached hydrogens (tertiary/aromatic N) is 3. The fourth-order valence-electron chi connectivity index (χ4n) is 3.33. The van der Waals surface area contributed by atoms with E-state index in [-0.39, 0.29) is 17.5 Å². The molecule has 0 aromatic carbocycles. The minimum Gasteiger partial charge on any atom is -0.444 e. The van der Waals surface area contributed by atoms with Crippen LogP contribution in [0.5, 0.6) is 0 Å². The molecule has 2 aliphatic rings. The molecule has 1 aromatic heterocycles.